The second kappa shape index (κ2) is 8.86. The summed E-state index contributed by atoms with van der Waals surface area (Å²) in [6.07, 6.45) is 0.641. The Morgan fingerprint density at radius 3 is 2.47 bits per heavy atom. The van der Waals surface area contributed by atoms with Crippen LogP contribution in [0.4, 0.5) is 0 Å². The molecule has 0 fully saturated rings. The number of ether oxygens (including phenoxy) is 2. The highest BCUT2D eigenvalue weighted by atomic mass is 16.5. The molecule has 0 radical (unpaired) electrons. The van der Waals surface area contributed by atoms with Crippen molar-refractivity contribution in [3.05, 3.63) is 68.2 Å². The van der Waals surface area contributed by atoms with Gasteiger partial charge in [-0.1, -0.05) is 6.07 Å². The number of methoxy groups -OCH3 is 2. The third-order valence-electron chi connectivity index (χ3n) is 5.07. The standard InChI is InChI=1S/C22H25N3O5/c1-5-25-17-8-7-15(13-16(17)23-20(26)22(25)28)21(27)24(2)11-10-14-6-9-18(29-3)19(12-14)30-4/h6-9,12-13H,5,10-11H2,1-4H3,(H,23,26). The van der Waals surface area contributed by atoms with Gasteiger partial charge in [-0.2, -0.15) is 0 Å². The Morgan fingerprint density at radius 1 is 1.07 bits per heavy atom. The highest BCUT2D eigenvalue weighted by Gasteiger charge is 2.15. The molecule has 3 aromatic rings. The first kappa shape index (κ1) is 21.2. The van der Waals surface area contributed by atoms with Crippen molar-refractivity contribution in [2.24, 2.45) is 0 Å². The highest BCUT2D eigenvalue weighted by Crippen LogP contribution is 2.27. The van der Waals surface area contributed by atoms with E-state index >= 15 is 0 Å². The number of aromatic amines is 1. The van der Waals surface area contributed by atoms with Gasteiger partial charge in [0.05, 0.1) is 25.3 Å². The van der Waals surface area contributed by atoms with E-state index in [1.54, 1.807) is 51.3 Å². The smallest absolute Gasteiger partial charge is 0.316 e. The van der Waals surface area contributed by atoms with E-state index in [9.17, 15) is 14.4 Å². The van der Waals surface area contributed by atoms with Gasteiger partial charge in [0.15, 0.2) is 11.5 Å². The fourth-order valence-corrected chi connectivity index (χ4v) is 3.38. The summed E-state index contributed by atoms with van der Waals surface area (Å²) in [6, 6.07) is 10.6. The Kier molecular flexibility index (Phi) is 6.25. The fourth-order valence-electron chi connectivity index (χ4n) is 3.38. The van der Waals surface area contributed by atoms with Crippen molar-refractivity contribution in [3.63, 3.8) is 0 Å². The molecule has 0 atom stereocenters. The summed E-state index contributed by atoms with van der Waals surface area (Å²) >= 11 is 0. The molecule has 8 nitrogen and oxygen atoms in total. The maximum absolute atomic E-state index is 12.9. The largest absolute Gasteiger partial charge is 0.493 e. The highest BCUT2D eigenvalue weighted by molar-refractivity contribution is 5.97. The van der Waals surface area contributed by atoms with Crippen molar-refractivity contribution in [1.29, 1.82) is 0 Å². The van der Waals surface area contributed by atoms with Crippen LogP contribution in [-0.2, 0) is 13.0 Å². The summed E-state index contributed by atoms with van der Waals surface area (Å²) in [5, 5.41) is 0. The van der Waals surface area contributed by atoms with Crippen LogP contribution in [0.1, 0.15) is 22.8 Å². The first-order valence-electron chi connectivity index (χ1n) is 9.62. The number of hydrogen-bond donors (Lipinski definition) is 1. The molecule has 1 N–H and O–H groups in total. The van der Waals surface area contributed by atoms with Crippen molar-refractivity contribution in [2.75, 3.05) is 27.8 Å². The second-order valence-corrected chi connectivity index (χ2v) is 6.90. The van der Waals surface area contributed by atoms with Gasteiger partial charge in [-0.05, 0) is 49.2 Å². The molecule has 0 spiro atoms. The summed E-state index contributed by atoms with van der Waals surface area (Å²) in [6.45, 7) is 2.66. The molecule has 1 heterocycles. The number of amides is 1. The number of carbonyl (C=O) groups excluding carboxylic acids is 1. The predicted molar refractivity (Wildman–Crippen MR) is 115 cm³/mol. The molecule has 0 bridgehead atoms. The summed E-state index contributed by atoms with van der Waals surface area (Å²) in [4.78, 5) is 40.9. The van der Waals surface area contributed by atoms with E-state index in [-0.39, 0.29) is 5.91 Å². The molecule has 0 saturated heterocycles. The number of H-pyrrole nitrogens is 1. The lowest BCUT2D eigenvalue weighted by Crippen LogP contribution is -2.36. The average molecular weight is 411 g/mol. The monoisotopic (exact) mass is 411 g/mol. The molecule has 1 amide bonds. The lowest BCUT2D eigenvalue weighted by molar-refractivity contribution is 0.0796. The van der Waals surface area contributed by atoms with Gasteiger partial charge in [0.2, 0.25) is 0 Å². The Bertz CT molecular complexity index is 1200. The Balaban J connectivity index is 1.79. The summed E-state index contributed by atoms with van der Waals surface area (Å²) in [5.74, 6) is 1.12. The van der Waals surface area contributed by atoms with Gasteiger partial charge in [-0.15, -0.1) is 0 Å². The number of fused-ring (bicyclic) bond motifs is 1. The van der Waals surface area contributed by atoms with Gasteiger partial charge in [-0.3, -0.25) is 14.4 Å². The van der Waals surface area contributed by atoms with Gasteiger partial charge < -0.3 is 23.9 Å². The van der Waals surface area contributed by atoms with E-state index in [1.807, 2.05) is 18.2 Å². The molecule has 0 aliphatic heterocycles. The SMILES string of the molecule is CCn1c(=O)c(=O)[nH]c2cc(C(=O)N(C)CCc3ccc(OC)c(OC)c3)ccc21. The zero-order valence-corrected chi connectivity index (χ0v) is 17.5. The first-order chi connectivity index (χ1) is 14.4. The van der Waals surface area contributed by atoms with Crippen LogP contribution in [0.15, 0.2) is 46.0 Å². The number of nitrogens with one attached hydrogen (secondary N) is 1. The zero-order chi connectivity index (χ0) is 21.8. The molecule has 0 unspecified atom stereocenters. The third kappa shape index (κ3) is 4.07. The Labute approximate surface area is 173 Å². The van der Waals surface area contributed by atoms with Crippen molar-refractivity contribution in [2.45, 2.75) is 19.9 Å². The molecule has 8 heteroatoms. The van der Waals surface area contributed by atoms with E-state index < -0.39 is 11.1 Å². The Morgan fingerprint density at radius 2 is 1.80 bits per heavy atom. The third-order valence-corrected chi connectivity index (χ3v) is 5.07. The molecule has 30 heavy (non-hydrogen) atoms. The predicted octanol–water partition coefficient (Wildman–Crippen LogP) is 2.04. The molecule has 0 aliphatic carbocycles. The maximum Gasteiger partial charge on any atom is 0.316 e. The Hall–Kier alpha value is -3.55. The number of aryl methyl sites for hydroxylation is 1. The number of likely N-dealkylation sites (N-methyl/N-ethyl adjacent to an activating group) is 1. The minimum absolute atomic E-state index is 0.174. The van der Waals surface area contributed by atoms with Gasteiger partial charge in [0.25, 0.3) is 5.91 Å². The molecule has 3 rings (SSSR count). The van der Waals surface area contributed by atoms with Crippen LogP contribution in [0.2, 0.25) is 0 Å². The molecule has 1 aromatic heterocycles. The quantitative estimate of drug-likeness (QED) is 0.601. The number of benzene rings is 2. The topological polar surface area (TPSA) is 93.6 Å². The van der Waals surface area contributed by atoms with Gasteiger partial charge >= 0.3 is 11.1 Å². The summed E-state index contributed by atoms with van der Waals surface area (Å²) in [7, 11) is 4.89. The van der Waals surface area contributed by atoms with Crippen LogP contribution in [0.5, 0.6) is 11.5 Å². The van der Waals surface area contributed by atoms with Crippen LogP contribution in [0.25, 0.3) is 11.0 Å². The number of rotatable bonds is 7. The van der Waals surface area contributed by atoms with Gasteiger partial charge in [0.1, 0.15) is 0 Å². The summed E-state index contributed by atoms with van der Waals surface area (Å²) < 4.78 is 12.0. The second-order valence-electron chi connectivity index (χ2n) is 6.90. The normalized spacial score (nSPS) is 10.8. The van der Waals surface area contributed by atoms with E-state index in [0.717, 1.165) is 5.56 Å². The summed E-state index contributed by atoms with van der Waals surface area (Å²) in [5.41, 5.74) is 1.20. The van der Waals surface area contributed by atoms with E-state index in [0.29, 0.717) is 47.6 Å². The molecular formula is C22H25N3O5. The molecule has 2 aromatic carbocycles. The number of hydrogen-bond acceptors (Lipinski definition) is 5. The zero-order valence-electron chi connectivity index (χ0n) is 17.5. The van der Waals surface area contributed by atoms with Gasteiger partial charge in [0, 0.05) is 25.7 Å². The molecule has 0 aliphatic rings. The number of aromatic nitrogens is 2. The lowest BCUT2D eigenvalue weighted by atomic mass is 10.1. The van der Waals surface area contributed by atoms with Crippen molar-refractivity contribution in [1.82, 2.24) is 14.5 Å². The molecular weight excluding hydrogens is 386 g/mol. The minimum Gasteiger partial charge on any atom is -0.493 e. The van der Waals surface area contributed by atoms with Crippen LogP contribution in [-0.4, -0.2) is 48.2 Å². The van der Waals surface area contributed by atoms with Crippen LogP contribution < -0.4 is 20.6 Å². The van der Waals surface area contributed by atoms with Crippen LogP contribution in [0.3, 0.4) is 0 Å². The molecule has 158 valence electrons. The van der Waals surface area contributed by atoms with Crippen molar-refractivity contribution >= 4 is 16.9 Å². The molecule has 0 saturated carbocycles. The average Bonchev–Trinajstić information content (AvgIpc) is 2.77. The van der Waals surface area contributed by atoms with E-state index in [4.69, 9.17) is 9.47 Å². The minimum atomic E-state index is -0.698. The van der Waals surface area contributed by atoms with Crippen LogP contribution >= 0.6 is 0 Å². The van der Waals surface area contributed by atoms with E-state index in [1.165, 1.54) is 4.57 Å². The number of carbonyl (C=O) groups is 1. The first-order valence-corrected chi connectivity index (χ1v) is 9.62. The van der Waals surface area contributed by atoms with Crippen molar-refractivity contribution < 1.29 is 14.3 Å². The van der Waals surface area contributed by atoms with Gasteiger partial charge in [-0.25, -0.2) is 0 Å². The maximum atomic E-state index is 12.9. The van der Waals surface area contributed by atoms with Crippen LogP contribution in [0, 0.1) is 0 Å². The lowest BCUT2D eigenvalue weighted by Gasteiger charge is -2.18. The van der Waals surface area contributed by atoms with E-state index in [2.05, 4.69) is 4.98 Å². The van der Waals surface area contributed by atoms with Crippen molar-refractivity contribution in [3.8, 4) is 11.5 Å². The fraction of sp³-hybridized carbons (Fsp3) is 0.318. The number of nitrogens with zero attached hydrogens (tertiary/aromatic N) is 2.